The molecule has 0 spiro atoms. The number of hydrogen-bond acceptors (Lipinski definition) is 8. The topological polar surface area (TPSA) is 115 Å². The van der Waals surface area contributed by atoms with Crippen molar-refractivity contribution in [1.29, 1.82) is 5.26 Å². The second kappa shape index (κ2) is 10.6. The summed E-state index contributed by atoms with van der Waals surface area (Å²) in [5.74, 6) is 2.44. The Morgan fingerprint density at radius 2 is 1.85 bits per heavy atom. The number of anilines is 2. The maximum Gasteiger partial charge on any atom is 0.249 e. The lowest BCUT2D eigenvalue weighted by atomic mass is 10.1. The van der Waals surface area contributed by atoms with E-state index in [-0.39, 0.29) is 16.9 Å². The van der Waals surface area contributed by atoms with E-state index in [1.165, 1.54) is 6.08 Å². The first kappa shape index (κ1) is 23.7. The second-order valence-electron chi connectivity index (χ2n) is 7.14. The summed E-state index contributed by atoms with van der Waals surface area (Å²) in [4.78, 5) is 8.37. The Morgan fingerprint density at radius 1 is 1.12 bits per heavy atom. The van der Waals surface area contributed by atoms with Gasteiger partial charge in [-0.25, -0.2) is 0 Å². The van der Waals surface area contributed by atoms with Crippen LogP contribution in [0.4, 0.5) is 11.5 Å². The minimum Gasteiger partial charge on any atom is -0.497 e. The van der Waals surface area contributed by atoms with Crippen molar-refractivity contribution >= 4 is 29.2 Å². The average molecular weight is 466 g/mol. The number of hydrogen-bond donors (Lipinski definition) is 2. The van der Waals surface area contributed by atoms with E-state index in [0.717, 1.165) is 22.3 Å². The Labute approximate surface area is 197 Å². The molecule has 0 aliphatic carbocycles. The van der Waals surface area contributed by atoms with E-state index >= 15 is 0 Å². The molecule has 170 valence electrons. The second-order valence-corrected chi connectivity index (χ2v) is 7.48. The molecular weight excluding hydrogens is 442 g/mol. The van der Waals surface area contributed by atoms with Crippen LogP contribution in [0.2, 0.25) is 5.28 Å². The number of ether oxygens (including phenoxy) is 3. The van der Waals surface area contributed by atoms with Gasteiger partial charge in [0.05, 0.1) is 20.3 Å². The third-order valence-electron chi connectivity index (χ3n) is 4.86. The fraction of sp³-hybridized carbons (Fsp3) is 0.208. The number of aryl methyl sites for hydroxylation is 2. The van der Waals surface area contributed by atoms with Crippen molar-refractivity contribution in [3.05, 3.63) is 63.9 Å². The van der Waals surface area contributed by atoms with Crippen LogP contribution in [0.3, 0.4) is 0 Å². The van der Waals surface area contributed by atoms with E-state index in [9.17, 15) is 0 Å². The van der Waals surface area contributed by atoms with Gasteiger partial charge in [-0.05, 0) is 72.5 Å². The zero-order valence-electron chi connectivity index (χ0n) is 18.8. The number of allylic oxidation sites excluding steroid dienone is 1. The Hall–Kier alpha value is -3.96. The van der Waals surface area contributed by atoms with Gasteiger partial charge in [-0.15, -0.1) is 0 Å². The number of methoxy groups -OCH3 is 2. The number of nitrogens with one attached hydrogen (secondary N) is 1. The van der Waals surface area contributed by atoms with Gasteiger partial charge >= 0.3 is 0 Å². The highest BCUT2D eigenvalue weighted by Gasteiger charge is 2.16. The molecule has 0 atom stereocenters. The minimum atomic E-state index is -0.00715. The van der Waals surface area contributed by atoms with E-state index < -0.39 is 0 Å². The Morgan fingerprint density at radius 3 is 2.48 bits per heavy atom. The predicted molar refractivity (Wildman–Crippen MR) is 129 cm³/mol. The molecule has 0 aliphatic rings. The van der Waals surface area contributed by atoms with Crippen LogP contribution in [-0.4, -0.2) is 24.2 Å². The third kappa shape index (κ3) is 5.64. The number of nitrogens with two attached hydrogens (primary N) is 1. The lowest BCUT2D eigenvalue weighted by Gasteiger charge is -2.16. The summed E-state index contributed by atoms with van der Waals surface area (Å²) >= 11 is 6.15. The lowest BCUT2D eigenvalue weighted by molar-refractivity contribution is 0.391. The van der Waals surface area contributed by atoms with Gasteiger partial charge < -0.3 is 25.3 Å². The smallest absolute Gasteiger partial charge is 0.249 e. The first-order valence-electron chi connectivity index (χ1n) is 9.99. The minimum absolute atomic E-state index is 0.00715. The van der Waals surface area contributed by atoms with E-state index in [1.807, 2.05) is 44.2 Å². The Kier molecular flexibility index (Phi) is 7.59. The summed E-state index contributed by atoms with van der Waals surface area (Å²) < 4.78 is 16.7. The summed E-state index contributed by atoms with van der Waals surface area (Å²) in [6.45, 7) is 4.18. The van der Waals surface area contributed by atoms with Gasteiger partial charge in [0.25, 0.3) is 0 Å². The van der Waals surface area contributed by atoms with Crippen LogP contribution < -0.4 is 25.3 Å². The molecule has 8 nitrogen and oxygen atoms in total. The number of halogens is 1. The summed E-state index contributed by atoms with van der Waals surface area (Å²) in [7, 11) is 3.18. The molecule has 2 aromatic carbocycles. The van der Waals surface area contributed by atoms with Crippen LogP contribution in [0, 0.1) is 25.2 Å². The van der Waals surface area contributed by atoms with Crippen molar-refractivity contribution in [2.45, 2.75) is 20.4 Å². The summed E-state index contributed by atoms with van der Waals surface area (Å²) in [6.07, 6.45) is 3.15. The molecule has 0 aliphatic heterocycles. The van der Waals surface area contributed by atoms with E-state index in [0.29, 0.717) is 29.6 Å². The third-order valence-corrected chi connectivity index (χ3v) is 5.02. The van der Waals surface area contributed by atoms with Crippen LogP contribution in [0.5, 0.6) is 23.1 Å². The highest BCUT2D eigenvalue weighted by Crippen LogP contribution is 2.36. The zero-order valence-corrected chi connectivity index (χ0v) is 19.5. The molecule has 0 radical (unpaired) electrons. The van der Waals surface area contributed by atoms with Crippen molar-refractivity contribution in [3.8, 4) is 29.2 Å². The van der Waals surface area contributed by atoms with Crippen LogP contribution >= 0.6 is 11.6 Å². The van der Waals surface area contributed by atoms with Crippen LogP contribution in [0.25, 0.3) is 6.08 Å². The standard InChI is InChI=1S/C24H24ClN5O3/c1-14-10-16(6-5-9-26)11-15(2)21(14)33-23-20(27)22(29-24(25)30-23)28-13-17-7-8-18(31-3)12-19(17)32-4/h5-8,10-12H,13,27H2,1-4H3,(H,28,29,30)/b6-5+. The number of benzene rings is 2. The highest BCUT2D eigenvalue weighted by molar-refractivity contribution is 6.28. The Bertz CT molecular complexity index is 1210. The van der Waals surface area contributed by atoms with Gasteiger partial charge in [-0.3, -0.25) is 0 Å². The highest BCUT2D eigenvalue weighted by atomic mass is 35.5. The Balaban J connectivity index is 1.87. The molecule has 0 saturated heterocycles. The average Bonchev–Trinajstić information content (AvgIpc) is 2.80. The molecule has 9 heteroatoms. The molecule has 0 saturated carbocycles. The molecular formula is C24H24ClN5O3. The molecule has 3 N–H and O–H groups in total. The fourth-order valence-corrected chi connectivity index (χ4v) is 3.44. The van der Waals surface area contributed by atoms with Crippen LogP contribution in [0.1, 0.15) is 22.3 Å². The number of rotatable bonds is 8. The van der Waals surface area contributed by atoms with E-state index in [2.05, 4.69) is 15.3 Å². The SMILES string of the molecule is COc1ccc(CNc2nc(Cl)nc(Oc3c(C)cc(/C=C/C#N)cc3C)c2N)c(OC)c1. The van der Waals surface area contributed by atoms with Crippen molar-refractivity contribution in [1.82, 2.24) is 9.97 Å². The quantitative estimate of drug-likeness (QED) is 0.340. The van der Waals surface area contributed by atoms with E-state index in [4.69, 9.17) is 36.8 Å². The van der Waals surface area contributed by atoms with Gasteiger partial charge in [0, 0.05) is 24.3 Å². The summed E-state index contributed by atoms with van der Waals surface area (Å²) in [5, 5.41) is 11.9. The van der Waals surface area contributed by atoms with Crippen LogP contribution in [0.15, 0.2) is 36.4 Å². The first-order chi connectivity index (χ1) is 15.9. The number of aromatic nitrogens is 2. The molecule has 0 bridgehead atoms. The molecule has 0 unspecified atom stereocenters. The number of nitrogens with zero attached hydrogens (tertiary/aromatic N) is 3. The fourth-order valence-electron chi connectivity index (χ4n) is 3.28. The van der Waals surface area contributed by atoms with Crippen molar-refractivity contribution in [3.63, 3.8) is 0 Å². The number of nitriles is 1. The van der Waals surface area contributed by atoms with Gasteiger partial charge in [0.1, 0.15) is 22.9 Å². The van der Waals surface area contributed by atoms with Crippen molar-refractivity contribution in [2.24, 2.45) is 0 Å². The maximum atomic E-state index is 8.75. The zero-order chi connectivity index (χ0) is 24.0. The monoisotopic (exact) mass is 465 g/mol. The molecule has 33 heavy (non-hydrogen) atoms. The lowest BCUT2D eigenvalue weighted by Crippen LogP contribution is -2.09. The van der Waals surface area contributed by atoms with Gasteiger partial charge in [-0.2, -0.15) is 15.2 Å². The predicted octanol–water partition coefficient (Wildman–Crippen LogP) is 5.29. The van der Waals surface area contributed by atoms with Crippen LogP contribution in [-0.2, 0) is 6.54 Å². The molecule has 0 amide bonds. The van der Waals surface area contributed by atoms with Gasteiger partial charge in [-0.1, -0.05) is 0 Å². The van der Waals surface area contributed by atoms with Crippen molar-refractivity contribution in [2.75, 3.05) is 25.3 Å². The molecule has 3 aromatic rings. The summed E-state index contributed by atoms with van der Waals surface area (Å²) in [6, 6.07) is 11.3. The molecule has 1 aromatic heterocycles. The van der Waals surface area contributed by atoms with Gasteiger partial charge in [0.2, 0.25) is 11.2 Å². The molecule has 0 fully saturated rings. The maximum absolute atomic E-state index is 8.75. The first-order valence-corrected chi connectivity index (χ1v) is 10.4. The van der Waals surface area contributed by atoms with Gasteiger partial charge in [0.15, 0.2) is 5.82 Å². The van der Waals surface area contributed by atoms with Crippen molar-refractivity contribution < 1.29 is 14.2 Å². The number of nitrogen functional groups attached to an aromatic ring is 1. The largest absolute Gasteiger partial charge is 0.497 e. The normalized spacial score (nSPS) is 10.7. The molecule has 3 rings (SSSR count). The molecule has 1 heterocycles. The summed E-state index contributed by atoms with van der Waals surface area (Å²) in [5.41, 5.74) is 10.0. The van der Waals surface area contributed by atoms with E-state index in [1.54, 1.807) is 26.4 Å².